The predicted octanol–water partition coefficient (Wildman–Crippen LogP) is 3.49. The first-order valence-electron chi connectivity index (χ1n) is 7.80. The maximum absolute atomic E-state index is 11.9. The summed E-state index contributed by atoms with van der Waals surface area (Å²) < 4.78 is 5.60. The fourth-order valence-corrected chi connectivity index (χ4v) is 3.29. The molecule has 0 aliphatic heterocycles. The van der Waals surface area contributed by atoms with Gasteiger partial charge in [-0.05, 0) is 30.9 Å². The summed E-state index contributed by atoms with van der Waals surface area (Å²) in [5, 5.41) is 3.18. The number of nitrogens with one attached hydrogen (secondary N) is 1. The van der Waals surface area contributed by atoms with Gasteiger partial charge < -0.3 is 10.1 Å². The number of rotatable bonds is 7. The lowest BCUT2D eigenvalue weighted by molar-refractivity contribution is -0.119. The highest BCUT2D eigenvalue weighted by Crippen LogP contribution is 2.23. The van der Waals surface area contributed by atoms with Gasteiger partial charge >= 0.3 is 0 Å². The van der Waals surface area contributed by atoms with E-state index in [0.717, 1.165) is 17.9 Å². The van der Waals surface area contributed by atoms with Crippen molar-refractivity contribution in [3.05, 3.63) is 30.3 Å². The SMILES string of the molecule is CC1CCCCC1NC(=O)CSCCOc1ccccc1. The van der Waals surface area contributed by atoms with Crippen molar-refractivity contribution in [2.75, 3.05) is 18.1 Å². The molecule has 1 aliphatic rings. The van der Waals surface area contributed by atoms with E-state index in [9.17, 15) is 4.79 Å². The van der Waals surface area contributed by atoms with Gasteiger partial charge in [0.15, 0.2) is 0 Å². The first kappa shape index (κ1) is 16.2. The average molecular weight is 307 g/mol. The first-order valence-corrected chi connectivity index (χ1v) is 8.96. The number of hydrogen-bond acceptors (Lipinski definition) is 3. The Hall–Kier alpha value is -1.16. The van der Waals surface area contributed by atoms with Gasteiger partial charge in [0.25, 0.3) is 0 Å². The average Bonchev–Trinajstić information content (AvgIpc) is 2.50. The quantitative estimate of drug-likeness (QED) is 0.784. The molecule has 1 N–H and O–H groups in total. The third-order valence-electron chi connectivity index (χ3n) is 3.93. The Morgan fingerprint density at radius 1 is 1.29 bits per heavy atom. The molecule has 0 saturated heterocycles. The molecule has 0 spiro atoms. The van der Waals surface area contributed by atoms with Gasteiger partial charge in [0.2, 0.25) is 5.91 Å². The minimum absolute atomic E-state index is 0.165. The van der Waals surface area contributed by atoms with E-state index in [0.29, 0.717) is 24.3 Å². The topological polar surface area (TPSA) is 38.3 Å². The molecule has 0 heterocycles. The van der Waals surface area contributed by atoms with E-state index in [1.807, 2.05) is 30.3 Å². The minimum Gasteiger partial charge on any atom is -0.493 e. The molecule has 4 heteroatoms. The van der Waals surface area contributed by atoms with Gasteiger partial charge in [-0.25, -0.2) is 0 Å². The summed E-state index contributed by atoms with van der Waals surface area (Å²) in [6.45, 7) is 2.88. The molecule has 1 aromatic carbocycles. The summed E-state index contributed by atoms with van der Waals surface area (Å²) in [6, 6.07) is 10.2. The molecule has 1 aromatic rings. The van der Waals surface area contributed by atoms with Crippen LogP contribution in [-0.4, -0.2) is 30.1 Å². The monoisotopic (exact) mass is 307 g/mol. The molecule has 1 aliphatic carbocycles. The Balaban J connectivity index is 1.55. The normalized spacial score (nSPS) is 21.8. The largest absolute Gasteiger partial charge is 0.493 e. The highest BCUT2D eigenvalue weighted by molar-refractivity contribution is 7.99. The zero-order chi connectivity index (χ0) is 14.9. The summed E-state index contributed by atoms with van der Waals surface area (Å²) in [7, 11) is 0. The standard InChI is InChI=1S/C17H25NO2S/c1-14-7-5-6-10-16(14)18-17(19)13-21-12-11-20-15-8-3-2-4-9-15/h2-4,8-9,14,16H,5-7,10-13H2,1H3,(H,18,19). The Labute approximate surface area is 131 Å². The number of thioether (sulfide) groups is 1. The number of ether oxygens (including phenoxy) is 1. The van der Waals surface area contributed by atoms with Gasteiger partial charge in [0.05, 0.1) is 12.4 Å². The van der Waals surface area contributed by atoms with Crippen molar-refractivity contribution in [2.24, 2.45) is 5.92 Å². The van der Waals surface area contributed by atoms with Crippen LogP contribution in [0, 0.1) is 5.92 Å². The van der Waals surface area contributed by atoms with E-state index < -0.39 is 0 Å². The van der Waals surface area contributed by atoms with Crippen molar-refractivity contribution >= 4 is 17.7 Å². The second-order valence-corrected chi connectivity index (χ2v) is 6.76. The van der Waals surface area contributed by atoms with E-state index >= 15 is 0 Å². The lowest BCUT2D eigenvalue weighted by atomic mass is 9.86. The van der Waals surface area contributed by atoms with Crippen LogP contribution in [0.15, 0.2) is 30.3 Å². The molecule has 0 bridgehead atoms. The van der Waals surface area contributed by atoms with Crippen LogP contribution in [0.5, 0.6) is 5.75 Å². The van der Waals surface area contributed by atoms with E-state index in [-0.39, 0.29) is 5.91 Å². The number of carbonyl (C=O) groups excluding carboxylic acids is 1. The summed E-state index contributed by atoms with van der Waals surface area (Å²) in [4.78, 5) is 11.9. The van der Waals surface area contributed by atoms with Gasteiger partial charge in [-0.15, -0.1) is 11.8 Å². The molecule has 1 amide bonds. The van der Waals surface area contributed by atoms with Gasteiger partial charge in [-0.1, -0.05) is 38.0 Å². The van der Waals surface area contributed by atoms with Crippen LogP contribution < -0.4 is 10.1 Å². The Morgan fingerprint density at radius 3 is 2.81 bits per heavy atom. The molecule has 116 valence electrons. The van der Waals surface area contributed by atoms with Gasteiger partial charge in [0, 0.05) is 11.8 Å². The molecule has 21 heavy (non-hydrogen) atoms. The van der Waals surface area contributed by atoms with Crippen LogP contribution in [-0.2, 0) is 4.79 Å². The van der Waals surface area contributed by atoms with Crippen molar-refractivity contribution in [1.29, 1.82) is 0 Å². The second kappa shape index (κ2) is 8.98. The molecule has 0 radical (unpaired) electrons. The van der Waals surface area contributed by atoms with Crippen LogP contribution in [0.3, 0.4) is 0 Å². The summed E-state index contributed by atoms with van der Waals surface area (Å²) in [5.41, 5.74) is 0. The number of carbonyl (C=O) groups is 1. The van der Waals surface area contributed by atoms with Crippen LogP contribution >= 0.6 is 11.8 Å². The number of para-hydroxylation sites is 1. The molecule has 2 rings (SSSR count). The summed E-state index contributed by atoms with van der Waals surface area (Å²) in [5.74, 6) is 3.04. The van der Waals surface area contributed by atoms with Gasteiger partial charge in [-0.2, -0.15) is 0 Å². The maximum atomic E-state index is 11.9. The van der Waals surface area contributed by atoms with Crippen molar-refractivity contribution in [3.63, 3.8) is 0 Å². The Kier molecular flexibility index (Phi) is 6.93. The van der Waals surface area contributed by atoms with E-state index in [2.05, 4.69) is 12.2 Å². The zero-order valence-electron chi connectivity index (χ0n) is 12.7. The second-order valence-electron chi connectivity index (χ2n) is 5.65. The first-order chi connectivity index (χ1) is 10.3. The zero-order valence-corrected chi connectivity index (χ0v) is 13.5. The molecule has 3 nitrogen and oxygen atoms in total. The molecular formula is C17H25NO2S. The lowest BCUT2D eigenvalue weighted by Crippen LogP contribution is -2.41. The van der Waals surface area contributed by atoms with E-state index in [1.165, 1.54) is 19.3 Å². The minimum atomic E-state index is 0.165. The molecular weight excluding hydrogens is 282 g/mol. The third-order valence-corrected chi connectivity index (χ3v) is 4.85. The molecule has 0 aromatic heterocycles. The van der Waals surface area contributed by atoms with Crippen molar-refractivity contribution < 1.29 is 9.53 Å². The smallest absolute Gasteiger partial charge is 0.230 e. The fourth-order valence-electron chi connectivity index (χ4n) is 2.68. The van der Waals surface area contributed by atoms with Crippen LogP contribution in [0.4, 0.5) is 0 Å². The molecule has 1 fully saturated rings. The lowest BCUT2D eigenvalue weighted by Gasteiger charge is -2.29. The maximum Gasteiger partial charge on any atom is 0.230 e. The van der Waals surface area contributed by atoms with E-state index in [1.54, 1.807) is 11.8 Å². The predicted molar refractivity (Wildman–Crippen MR) is 88.8 cm³/mol. The molecule has 2 unspecified atom stereocenters. The van der Waals surface area contributed by atoms with Crippen LogP contribution in [0.2, 0.25) is 0 Å². The van der Waals surface area contributed by atoms with Crippen LogP contribution in [0.25, 0.3) is 0 Å². The number of benzene rings is 1. The Morgan fingerprint density at radius 2 is 2.05 bits per heavy atom. The third kappa shape index (κ3) is 6.00. The van der Waals surface area contributed by atoms with Crippen LogP contribution in [0.1, 0.15) is 32.6 Å². The summed E-state index contributed by atoms with van der Waals surface area (Å²) >= 11 is 1.63. The molecule has 2 atom stereocenters. The van der Waals surface area contributed by atoms with Crippen molar-refractivity contribution in [1.82, 2.24) is 5.32 Å². The highest BCUT2D eigenvalue weighted by atomic mass is 32.2. The van der Waals surface area contributed by atoms with Crippen molar-refractivity contribution in [3.8, 4) is 5.75 Å². The number of hydrogen-bond donors (Lipinski definition) is 1. The molecule has 1 saturated carbocycles. The van der Waals surface area contributed by atoms with Gasteiger partial charge in [0.1, 0.15) is 5.75 Å². The summed E-state index contributed by atoms with van der Waals surface area (Å²) in [6.07, 6.45) is 4.92. The number of amides is 1. The Bertz CT molecular complexity index is 424. The van der Waals surface area contributed by atoms with E-state index in [4.69, 9.17) is 4.74 Å². The fraction of sp³-hybridized carbons (Fsp3) is 0.588. The van der Waals surface area contributed by atoms with Crippen molar-refractivity contribution in [2.45, 2.75) is 38.6 Å². The highest BCUT2D eigenvalue weighted by Gasteiger charge is 2.22. The van der Waals surface area contributed by atoms with Gasteiger partial charge in [-0.3, -0.25) is 4.79 Å².